The van der Waals surface area contributed by atoms with Crippen molar-refractivity contribution in [2.75, 3.05) is 17.5 Å². The number of nitrogens with one attached hydrogen (secondary N) is 1. The van der Waals surface area contributed by atoms with Crippen LogP contribution in [0.1, 0.15) is 18.1 Å². The first-order chi connectivity index (χ1) is 19.4. The van der Waals surface area contributed by atoms with E-state index in [4.69, 9.17) is 21.1 Å². The van der Waals surface area contributed by atoms with Crippen LogP contribution in [0.5, 0.6) is 11.5 Å². The van der Waals surface area contributed by atoms with Gasteiger partial charge in [-0.2, -0.15) is 5.10 Å². The highest BCUT2D eigenvalue weighted by Crippen LogP contribution is 2.32. The van der Waals surface area contributed by atoms with Gasteiger partial charge >= 0.3 is 0 Å². The number of nitrogens with zero attached hydrogens (tertiary/aromatic N) is 2. The summed E-state index contributed by atoms with van der Waals surface area (Å²) in [5.41, 5.74) is 4.30. The maximum absolute atomic E-state index is 13.7. The monoisotopic (exact) mass is 577 g/mol. The Bertz CT molecular complexity index is 1560. The Morgan fingerprint density at radius 1 is 0.875 bits per heavy atom. The highest BCUT2D eigenvalue weighted by Gasteiger charge is 2.29. The number of hydrazone groups is 1. The highest BCUT2D eigenvalue weighted by atomic mass is 35.5. The normalized spacial score (nSPS) is 11.2. The molecule has 0 heterocycles. The minimum atomic E-state index is -4.16. The second kappa shape index (κ2) is 13.6. The number of rotatable bonds is 12. The number of sulfonamides is 1. The van der Waals surface area contributed by atoms with E-state index in [1.165, 1.54) is 30.5 Å². The molecule has 0 fully saturated rings. The van der Waals surface area contributed by atoms with Gasteiger partial charge in [-0.1, -0.05) is 66.2 Å². The molecule has 206 valence electrons. The van der Waals surface area contributed by atoms with Crippen LogP contribution < -0.4 is 19.2 Å². The second-order valence-electron chi connectivity index (χ2n) is 8.47. The summed E-state index contributed by atoms with van der Waals surface area (Å²) < 4.78 is 39.9. The van der Waals surface area contributed by atoms with Gasteiger partial charge in [0.15, 0.2) is 0 Å². The first kappa shape index (κ1) is 28.7. The summed E-state index contributed by atoms with van der Waals surface area (Å²) in [5, 5.41) is 4.44. The van der Waals surface area contributed by atoms with Crippen LogP contribution in [-0.2, 0) is 21.4 Å². The summed E-state index contributed by atoms with van der Waals surface area (Å²) in [4.78, 5) is 13.0. The van der Waals surface area contributed by atoms with Gasteiger partial charge in [-0.25, -0.2) is 13.8 Å². The topological polar surface area (TPSA) is 97.3 Å². The van der Waals surface area contributed by atoms with E-state index in [0.717, 1.165) is 9.87 Å². The Labute approximate surface area is 238 Å². The number of amides is 1. The molecule has 0 atom stereocenters. The number of anilines is 1. The van der Waals surface area contributed by atoms with Crippen LogP contribution in [0, 0.1) is 0 Å². The Balaban J connectivity index is 1.53. The molecule has 0 radical (unpaired) electrons. The summed E-state index contributed by atoms with van der Waals surface area (Å²) in [6, 6.07) is 29.3. The van der Waals surface area contributed by atoms with Crippen molar-refractivity contribution in [1.82, 2.24) is 5.43 Å². The number of hydrogen-bond donors (Lipinski definition) is 1. The zero-order valence-corrected chi connectivity index (χ0v) is 23.3. The lowest BCUT2D eigenvalue weighted by atomic mass is 10.2. The van der Waals surface area contributed by atoms with Crippen LogP contribution >= 0.6 is 11.6 Å². The van der Waals surface area contributed by atoms with Crippen LogP contribution in [0.3, 0.4) is 0 Å². The molecule has 0 aromatic heterocycles. The molecule has 0 spiro atoms. The Morgan fingerprint density at radius 2 is 1.52 bits per heavy atom. The molecule has 0 aliphatic carbocycles. The third kappa shape index (κ3) is 7.40. The van der Waals surface area contributed by atoms with Crippen LogP contribution in [0.4, 0.5) is 5.69 Å². The predicted molar refractivity (Wildman–Crippen MR) is 157 cm³/mol. The maximum atomic E-state index is 13.7. The van der Waals surface area contributed by atoms with E-state index in [0.29, 0.717) is 35.3 Å². The first-order valence-corrected chi connectivity index (χ1v) is 14.3. The highest BCUT2D eigenvalue weighted by molar-refractivity contribution is 7.92. The number of halogens is 1. The lowest BCUT2D eigenvalue weighted by Crippen LogP contribution is -2.39. The summed E-state index contributed by atoms with van der Waals surface area (Å²) in [7, 11) is -4.16. The molecule has 1 amide bonds. The average molecular weight is 578 g/mol. The SMILES string of the molecule is CCOc1ccccc1N(CC(=O)N/N=C\c1ccccc1OCc1ccccc1)S(=O)(=O)c1ccc(Cl)cc1. The van der Waals surface area contributed by atoms with E-state index >= 15 is 0 Å². The van der Waals surface area contributed by atoms with E-state index < -0.39 is 22.5 Å². The largest absolute Gasteiger partial charge is 0.492 e. The van der Waals surface area contributed by atoms with Crippen LogP contribution in [0.15, 0.2) is 113 Å². The quantitative estimate of drug-likeness (QED) is 0.173. The zero-order valence-electron chi connectivity index (χ0n) is 21.7. The number of carbonyl (C=O) groups excluding carboxylic acids is 1. The Morgan fingerprint density at radius 3 is 2.25 bits per heavy atom. The van der Waals surface area contributed by atoms with Crippen molar-refractivity contribution in [2.24, 2.45) is 5.10 Å². The van der Waals surface area contributed by atoms with Crippen molar-refractivity contribution >= 4 is 39.4 Å². The third-order valence-electron chi connectivity index (χ3n) is 5.67. The molecule has 0 unspecified atom stereocenters. The molecule has 8 nitrogen and oxygen atoms in total. The Kier molecular flexibility index (Phi) is 9.77. The fraction of sp³-hybridized carbons (Fsp3) is 0.133. The van der Waals surface area contributed by atoms with Gasteiger partial charge in [-0.15, -0.1) is 0 Å². The van der Waals surface area contributed by atoms with Gasteiger partial charge in [0.1, 0.15) is 24.7 Å². The molecule has 0 aliphatic rings. The first-order valence-electron chi connectivity index (χ1n) is 12.5. The Hall–Kier alpha value is -4.34. The van der Waals surface area contributed by atoms with Crippen molar-refractivity contribution in [3.8, 4) is 11.5 Å². The van der Waals surface area contributed by atoms with Gasteiger partial charge in [0.05, 0.1) is 23.4 Å². The molecule has 0 bridgehead atoms. The molecule has 10 heteroatoms. The van der Waals surface area contributed by atoms with Crippen LogP contribution in [-0.4, -0.2) is 33.7 Å². The average Bonchev–Trinajstić information content (AvgIpc) is 2.97. The van der Waals surface area contributed by atoms with Crippen molar-refractivity contribution in [3.63, 3.8) is 0 Å². The maximum Gasteiger partial charge on any atom is 0.264 e. The number of carbonyl (C=O) groups is 1. The van der Waals surface area contributed by atoms with Gasteiger partial charge in [-0.3, -0.25) is 9.10 Å². The van der Waals surface area contributed by atoms with Gasteiger partial charge in [0.2, 0.25) is 0 Å². The molecule has 1 N–H and O–H groups in total. The van der Waals surface area contributed by atoms with E-state index in [-0.39, 0.29) is 10.6 Å². The summed E-state index contributed by atoms with van der Waals surface area (Å²) in [6.07, 6.45) is 1.45. The lowest BCUT2D eigenvalue weighted by molar-refractivity contribution is -0.119. The van der Waals surface area contributed by atoms with E-state index in [2.05, 4.69) is 10.5 Å². The lowest BCUT2D eigenvalue weighted by Gasteiger charge is -2.25. The van der Waals surface area contributed by atoms with Crippen molar-refractivity contribution < 1.29 is 22.7 Å². The van der Waals surface area contributed by atoms with Crippen LogP contribution in [0.25, 0.3) is 0 Å². The second-order valence-corrected chi connectivity index (χ2v) is 10.8. The van der Waals surface area contributed by atoms with Crippen molar-refractivity contribution in [2.45, 2.75) is 18.4 Å². The molecule has 4 rings (SSSR count). The van der Waals surface area contributed by atoms with Gasteiger partial charge in [0.25, 0.3) is 15.9 Å². The van der Waals surface area contributed by atoms with Crippen molar-refractivity contribution in [1.29, 1.82) is 0 Å². The zero-order chi connectivity index (χ0) is 28.4. The summed E-state index contributed by atoms with van der Waals surface area (Å²) in [5.74, 6) is 0.257. The van der Waals surface area contributed by atoms with E-state index in [1.807, 2.05) is 42.5 Å². The molecule has 0 saturated carbocycles. The molecular weight excluding hydrogens is 550 g/mol. The van der Waals surface area contributed by atoms with Gasteiger partial charge < -0.3 is 9.47 Å². The van der Waals surface area contributed by atoms with E-state index in [1.54, 1.807) is 43.3 Å². The number of para-hydroxylation sites is 3. The third-order valence-corrected chi connectivity index (χ3v) is 7.70. The number of ether oxygens (including phenoxy) is 2. The predicted octanol–water partition coefficient (Wildman–Crippen LogP) is 5.66. The molecule has 4 aromatic carbocycles. The van der Waals surface area contributed by atoms with Crippen LogP contribution in [0.2, 0.25) is 5.02 Å². The molecule has 0 aliphatic heterocycles. The minimum Gasteiger partial charge on any atom is -0.492 e. The minimum absolute atomic E-state index is 0.0241. The van der Waals surface area contributed by atoms with E-state index in [9.17, 15) is 13.2 Å². The summed E-state index contributed by atoms with van der Waals surface area (Å²) in [6.45, 7) is 1.93. The summed E-state index contributed by atoms with van der Waals surface area (Å²) >= 11 is 5.96. The standard InChI is InChI=1S/C30H28ClN3O5S/c1-2-38-29-15-9-7-13-27(29)34(40(36,37)26-18-16-25(31)17-19-26)21-30(35)33-32-20-24-12-6-8-14-28(24)39-22-23-10-4-3-5-11-23/h3-20H,2,21-22H2,1H3,(H,33,35)/b32-20-. The number of hydrogen-bond acceptors (Lipinski definition) is 6. The van der Waals surface area contributed by atoms with Gasteiger partial charge in [-0.05, 0) is 61.0 Å². The molecular formula is C30H28ClN3O5S. The smallest absolute Gasteiger partial charge is 0.264 e. The number of benzene rings is 4. The fourth-order valence-electron chi connectivity index (χ4n) is 3.77. The molecule has 0 saturated heterocycles. The molecule has 40 heavy (non-hydrogen) atoms. The van der Waals surface area contributed by atoms with Gasteiger partial charge in [0, 0.05) is 10.6 Å². The molecule has 4 aromatic rings. The van der Waals surface area contributed by atoms with Crippen molar-refractivity contribution in [3.05, 3.63) is 119 Å². The fourth-order valence-corrected chi connectivity index (χ4v) is 5.33.